The zero-order valence-corrected chi connectivity index (χ0v) is 8.24. The van der Waals surface area contributed by atoms with E-state index in [4.69, 9.17) is 4.74 Å². The summed E-state index contributed by atoms with van der Waals surface area (Å²) in [6.07, 6.45) is 7.23. The van der Waals surface area contributed by atoms with Crippen molar-refractivity contribution in [2.24, 2.45) is 11.8 Å². The second-order valence-electron chi connectivity index (χ2n) is 4.90. The molecule has 13 heavy (non-hydrogen) atoms. The molecule has 3 fully saturated rings. The van der Waals surface area contributed by atoms with Crippen LogP contribution in [-0.4, -0.2) is 30.8 Å². The highest BCUT2D eigenvalue weighted by Gasteiger charge is 2.41. The predicted molar refractivity (Wildman–Crippen MR) is 51.4 cm³/mol. The first-order chi connectivity index (χ1) is 6.45. The Labute approximate surface area is 80.2 Å². The number of rotatable bonds is 0. The molecule has 3 rings (SSSR count). The Morgan fingerprint density at radius 3 is 2.85 bits per heavy atom. The van der Waals surface area contributed by atoms with Crippen LogP contribution in [0, 0.1) is 11.8 Å². The second kappa shape index (κ2) is 3.25. The third kappa shape index (κ3) is 1.31. The van der Waals surface area contributed by atoms with Gasteiger partial charge in [0.1, 0.15) is 0 Å². The first kappa shape index (κ1) is 8.25. The fourth-order valence-corrected chi connectivity index (χ4v) is 3.64. The van der Waals surface area contributed by atoms with Crippen molar-refractivity contribution in [1.82, 2.24) is 4.90 Å². The molecule has 0 bridgehead atoms. The summed E-state index contributed by atoms with van der Waals surface area (Å²) in [7, 11) is 0. The van der Waals surface area contributed by atoms with Crippen LogP contribution in [0.5, 0.6) is 0 Å². The molecular weight excluding hydrogens is 162 g/mol. The molecule has 3 aliphatic rings. The molecule has 0 aromatic heterocycles. The second-order valence-corrected chi connectivity index (χ2v) is 4.90. The maximum atomic E-state index is 5.65. The van der Waals surface area contributed by atoms with E-state index >= 15 is 0 Å². The van der Waals surface area contributed by atoms with E-state index in [0.717, 1.165) is 31.2 Å². The lowest BCUT2D eigenvalue weighted by atomic mass is 9.72. The van der Waals surface area contributed by atoms with Crippen LogP contribution >= 0.6 is 0 Å². The van der Waals surface area contributed by atoms with Crippen LogP contribution in [0.1, 0.15) is 32.1 Å². The highest BCUT2D eigenvalue weighted by Crippen LogP contribution is 2.40. The summed E-state index contributed by atoms with van der Waals surface area (Å²) < 4.78 is 5.65. The highest BCUT2D eigenvalue weighted by atomic mass is 16.5. The molecular formula is C11H19NO. The zero-order valence-electron chi connectivity index (χ0n) is 8.24. The van der Waals surface area contributed by atoms with Gasteiger partial charge in [0.15, 0.2) is 0 Å². The van der Waals surface area contributed by atoms with Crippen LogP contribution in [-0.2, 0) is 4.74 Å². The summed E-state index contributed by atoms with van der Waals surface area (Å²) in [6.45, 7) is 3.24. The van der Waals surface area contributed by atoms with Crippen molar-refractivity contribution in [2.75, 3.05) is 19.9 Å². The lowest BCUT2D eigenvalue weighted by Crippen LogP contribution is -2.56. The largest absolute Gasteiger partial charge is 0.366 e. The van der Waals surface area contributed by atoms with Crippen LogP contribution in [0.2, 0.25) is 0 Å². The van der Waals surface area contributed by atoms with E-state index in [1.54, 1.807) is 0 Å². The van der Waals surface area contributed by atoms with Gasteiger partial charge in [0, 0.05) is 12.6 Å². The Bertz CT molecular complexity index is 149. The van der Waals surface area contributed by atoms with E-state index in [2.05, 4.69) is 4.90 Å². The van der Waals surface area contributed by atoms with E-state index in [-0.39, 0.29) is 0 Å². The minimum atomic E-state index is 0.868. The third-order valence-electron chi connectivity index (χ3n) is 4.15. The number of hydrogen-bond donors (Lipinski definition) is 0. The molecule has 2 heteroatoms. The van der Waals surface area contributed by atoms with Crippen LogP contribution in [0.15, 0.2) is 0 Å². The topological polar surface area (TPSA) is 12.5 Å². The quantitative estimate of drug-likeness (QED) is 0.565. The van der Waals surface area contributed by atoms with Gasteiger partial charge >= 0.3 is 0 Å². The van der Waals surface area contributed by atoms with Crippen LogP contribution in [0.4, 0.5) is 0 Å². The van der Waals surface area contributed by atoms with Crippen LogP contribution in [0.25, 0.3) is 0 Å². The molecule has 0 N–H and O–H groups in total. The van der Waals surface area contributed by atoms with Crippen molar-refractivity contribution in [3.63, 3.8) is 0 Å². The Morgan fingerprint density at radius 2 is 1.85 bits per heavy atom. The maximum Gasteiger partial charge on any atom is 0.0992 e. The van der Waals surface area contributed by atoms with Crippen LogP contribution < -0.4 is 0 Å². The number of nitrogens with zero attached hydrogens (tertiary/aromatic N) is 1. The van der Waals surface area contributed by atoms with Gasteiger partial charge in [-0.1, -0.05) is 6.42 Å². The molecule has 74 valence electrons. The summed E-state index contributed by atoms with van der Waals surface area (Å²) in [5, 5.41) is 0. The Kier molecular flexibility index (Phi) is 2.06. The molecule has 3 atom stereocenters. The SMILES string of the molecule is C1C[C@@H]2CCCN3COC[C@H](C1)C23. The zero-order chi connectivity index (χ0) is 8.67. The summed E-state index contributed by atoms with van der Waals surface area (Å²) in [4.78, 5) is 2.60. The van der Waals surface area contributed by atoms with E-state index in [0.29, 0.717) is 0 Å². The summed E-state index contributed by atoms with van der Waals surface area (Å²) >= 11 is 0. The number of ether oxygens (including phenoxy) is 1. The fraction of sp³-hybridized carbons (Fsp3) is 1.00. The molecule has 2 heterocycles. The average molecular weight is 181 g/mol. The molecule has 2 saturated heterocycles. The van der Waals surface area contributed by atoms with Crippen molar-refractivity contribution in [2.45, 2.75) is 38.1 Å². The number of hydrogen-bond acceptors (Lipinski definition) is 2. The van der Waals surface area contributed by atoms with Gasteiger partial charge < -0.3 is 4.74 Å². The van der Waals surface area contributed by atoms with Gasteiger partial charge in [-0.25, -0.2) is 0 Å². The molecule has 0 radical (unpaired) electrons. The Hall–Kier alpha value is -0.0800. The average Bonchev–Trinajstić information content (AvgIpc) is 2.19. The van der Waals surface area contributed by atoms with Gasteiger partial charge in [-0.15, -0.1) is 0 Å². The molecule has 1 aliphatic carbocycles. The monoisotopic (exact) mass is 181 g/mol. The van der Waals surface area contributed by atoms with Gasteiger partial charge in [0.05, 0.1) is 13.3 Å². The first-order valence-electron chi connectivity index (χ1n) is 5.77. The van der Waals surface area contributed by atoms with Gasteiger partial charge in [0.25, 0.3) is 0 Å². The molecule has 0 spiro atoms. The van der Waals surface area contributed by atoms with E-state index < -0.39 is 0 Å². The van der Waals surface area contributed by atoms with Gasteiger partial charge in [0.2, 0.25) is 0 Å². The number of piperidine rings is 1. The van der Waals surface area contributed by atoms with E-state index in [1.165, 1.54) is 38.6 Å². The Morgan fingerprint density at radius 1 is 1.00 bits per heavy atom. The molecule has 0 amide bonds. The van der Waals surface area contributed by atoms with Gasteiger partial charge in [-0.05, 0) is 37.5 Å². The standard InChI is InChI=1S/C11H19NO/c1-3-9-5-2-6-12-8-13-7-10(4-1)11(9)12/h9-11H,1-8H2/t9-,10+,11?/m1/s1. The third-order valence-corrected chi connectivity index (χ3v) is 4.15. The minimum Gasteiger partial charge on any atom is -0.366 e. The maximum absolute atomic E-state index is 5.65. The van der Waals surface area contributed by atoms with Crippen molar-refractivity contribution in [1.29, 1.82) is 0 Å². The highest BCUT2D eigenvalue weighted by molar-refractivity contribution is 4.93. The van der Waals surface area contributed by atoms with Crippen LogP contribution in [0.3, 0.4) is 0 Å². The summed E-state index contributed by atoms with van der Waals surface area (Å²) in [6, 6.07) is 0.899. The van der Waals surface area contributed by atoms with Crippen molar-refractivity contribution in [3.8, 4) is 0 Å². The summed E-state index contributed by atoms with van der Waals surface area (Å²) in [5.41, 5.74) is 0. The van der Waals surface area contributed by atoms with Gasteiger partial charge in [-0.2, -0.15) is 0 Å². The van der Waals surface area contributed by atoms with E-state index in [9.17, 15) is 0 Å². The minimum absolute atomic E-state index is 0.868. The molecule has 2 aliphatic heterocycles. The fourth-order valence-electron chi connectivity index (χ4n) is 3.64. The van der Waals surface area contributed by atoms with Gasteiger partial charge in [-0.3, -0.25) is 4.90 Å². The Balaban J connectivity index is 1.82. The molecule has 1 saturated carbocycles. The normalized spacial score (nSPS) is 45.7. The van der Waals surface area contributed by atoms with E-state index in [1.807, 2.05) is 0 Å². The summed E-state index contributed by atoms with van der Waals surface area (Å²) in [5.74, 6) is 1.88. The molecule has 2 nitrogen and oxygen atoms in total. The molecule has 0 aromatic rings. The lowest BCUT2D eigenvalue weighted by Gasteiger charge is -2.51. The van der Waals surface area contributed by atoms with Crippen molar-refractivity contribution in [3.05, 3.63) is 0 Å². The first-order valence-corrected chi connectivity index (χ1v) is 5.77. The van der Waals surface area contributed by atoms with Crippen molar-refractivity contribution < 1.29 is 4.74 Å². The van der Waals surface area contributed by atoms with Crippen molar-refractivity contribution >= 4 is 0 Å². The molecule has 0 aromatic carbocycles. The lowest BCUT2D eigenvalue weighted by molar-refractivity contribution is -0.128. The smallest absolute Gasteiger partial charge is 0.0992 e. The predicted octanol–water partition coefficient (Wildman–Crippen LogP) is 1.85. The molecule has 1 unspecified atom stereocenters.